The van der Waals surface area contributed by atoms with Crippen molar-refractivity contribution in [2.24, 2.45) is 4.99 Å². The van der Waals surface area contributed by atoms with Gasteiger partial charge in [-0.2, -0.15) is 0 Å². The van der Waals surface area contributed by atoms with Crippen molar-refractivity contribution in [3.63, 3.8) is 0 Å². The molecule has 2 aliphatic heterocycles. The number of aliphatic imine (C=N–C) groups is 1. The van der Waals surface area contributed by atoms with Crippen LogP contribution in [0.4, 0.5) is 0 Å². The molecule has 0 bridgehead atoms. The minimum absolute atomic E-state index is 0.239. The Morgan fingerprint density at radius 1 is 0.963 bits per heavy atom. The minimum atomic E-state index is -0.323. The number of fused-ring (bicyclic) bond motifs is 1. The third kappa shape index (κ3) is 3.13. The first-order chi connectivity index (χ1) is 13.3. The number of benzene rings is 2. The molecule has 2 aliphatic rings. The van der Waals surface area contributed by atoms with Crippen molar-refractivity contribution in [2.75, 3.05) is 6.79 Å². The van der Waals surface area contributed by atoms with Crippen LogP contribution >= 0.6 is 15.9 Å². The molecular formula is C21H14BrNO4. The molecule has 134 valence electrons. The maximum atomic E-state index is 6.13. The van der Waals surface area contributed by atoms with Gasteiger partial charge in [-0.05, 0) is 42.5 Å². The zero-order chi connectivity index (χ0) is 18.2. The summed E-state index contributed by atoms with van der Waals surface area (Å²) < 4.78 is 23.5. The van der Waals surface area contributed by atoms with Crippen LogP contribution in [0.25, 0.3) is 5.70 Å². The van der Waals surface area contributed by atoms with Crippen molar-refractivity contribution in [3.8, 4) is 11.5 Å². The molecule has 3 heterocycles. The lowest BCUT2D eigenvalue weighted by molar-refractivity contribution is 0.173. The van der Waals surface area contributed by atoms with Crippen LogP contribution in [0, 0.1) is 0 Å². The van der Waals surface area contributed by atoms with E-state index in [1.165, 1.54) is 0 Å². The lowest BCUT2D eigenvalue weighted by atomic mass is 10.0. The molecule has 5 nitrogen and oxygen atoms in total. The molecule has 0 saturated heterocycles. The molecule has 2 aromatic carbocycles. The van der Waals surface area contributed by atoms with Crippen molar-refractivity contribution >= 4 is 27.5 Å². The van der Waals surface area contributed by atoms with Crippen LogP contribution in [0.5, 0.6) is 11.5 Å². The Morgan fingerprint density at radius 3 is 2.63 bits per heavy atom. The predicted molar refractivity (Wildman–Crippen MR) is 104 cm³/mol. The Bertz CT molecular complexity index is 1040. The number of halogens is 1. The van der Waals surface area contributed by atoms with E-state index in [4.69, 9.17) is 18.6 Å². The van der Waals surface area contributed by atoms with E-state index < -0.39 is 0 Å². The summed E-state index contributed by atoms with van der Waals surface area (Å²) in [6.45, 7) is 0.239. The Hall–Kier alpha value is -2.99. The molecule has 1 aromatic heterocycles. The van der Waals surface area contributed by atoms with Crippen LogP contribution in [-0.2, 0) is 4.74 Å². The van der Waals surface area contributed by atoms with Gasteiger partial charge in [-0.3, -0.25) is 0 Å². The summed E-state index contributed by atoms with van der Waals surface area (Å²) in [5.74, 6) is 2.50. The van der Waals surface area contributed by atoms with Gasteiger partial charge in [-0.1, -0.05) is 34.1 Å². The molecule has 27 heavy (non-hydrogen) atoms. The predicted octanol–water partition coefficient (Wildman–Crippen LogP) is 5.33. The first-order valence-corrected chi connectivity index (χ1v) is 9.22. The van der Waals surface area contributed by atoms with E-state index >= 15 is 0 Å². The van der Waals surface area contributed by atoms with E-state index in [-0.39, 0.29) is 12.9 Å². The first-order valence-electron chi connectivity index (χ1n) is 8.43. The van der Waals surface area contributed by atoms with Gasteiger partial charge >= 0.3 is 0 Å². The third-order valence-electron chi connectivity index (χ3n) is 4.37. The maximum absolute atomic E-state index is 6.13. The van der Waals surface area contributed by atoms with E-state index in [0.717, 1.165) is 32.8 Å². The monoisotopic (exact) mass is 423 g/mol. The van der Waals surface area contributed by atoms with E-state index in [1.54, 1.807) is 6.26 Å². The fourth-order valence-electron chi connectivity index (χ4n) is 3.02. The second-order valence-corrected chi connectivity index (χ2v) is 7.02. The summed E-state index contributed by atoms with van der Waals surface area (Å²) in [5.41, 5.74) is 2.77. The number of ether oxygens (including phenoxy) is 3. The molecule has 0 radical (unpaired) electrons. The summed E-state index contributed by atoms with van der Waals surface area (Å²) in [7, 11) is 0. The molecule has 1 unspecified atom stereocenters. The summed E-state index contributed by atoms with van der Waals surface area (Å²) >= 11 is 3.47. The number of hydrogen-bond acceptors (Lipinski definition) is 5. The van der Waals surface area contributed by atoms with Gasteiger partial charge in [0.2, 0.25) is 6.79 Å². The van der Waals surface area contributed by atoms with Crippen LogP contribution < -0.4 is 9.47 Å². The SMILES string of the molecule is Brc1ccc(C2=CC(c3ccc4c(c3)OCO4)OC(c3ccco3)=N2)cc1. The summed E-state index contributed by atoms with van der Waals surface area (Å²) in [6.07, 6.45) is 3.28. The van der Waals surface area contributed by atoms with Gasteiger partial charge in [0.1, 0.15) is 6.10 Å². The van der Waals surface area contributed by atoms with Gasteiger partial charge in [0, 0.05) is 15.6 Å². The molecule has 6 heteroatoms. The first kappa shape index (κ1) is 16.2. The molecule has 3 aromatic rings. The second kappa shape index (κ2) is 6.63. The van der Waals surface area contributed by atoms with Crippen molar-refractivity contribution in [1.29, 1.82) is 0 Å². The zero-order valence-electron chi connectivity index (χ0n) is 14.1. The number of nitrogens with zero attached hydrogens (tertiary/aromatic N) is 1. The molecule has 0 N–H and O–H groups in total. The average Bonchev–Trinajstić information content (AvgIpc) is 3.39. The highest BCUT2D eigenvalue weighted by atomic mass is 79.9. The summed E-state index contributed by atoms with van der Waals surface area (Å²) in [4.78, 5) is 4.66. The van der Waals surface area contributed by atoms with E-state index in [1.807, 2.05) is 60.7 Å². The van der Waals surface area contributed by atoms with Gasteiger partial charge in [0.25, 0.3) is 5.90 Å². The van der Waals surface area contributed by atoms with E-state index in [0.29, 0.717) is 11.7 Å². The van der Waals surface area contributed by atoms with Gasteiger partial charge in [0.15, 0.2) is 17.3 Å². The Labute approximate surface area is 164 Å². The molecule has 0 saturated carbocycles. The van der Waals surface area contributed by atoms with Gasteiger partial charge in [0.05, 0.1) is 12.0 Å². The topological polar surface area (TPSA) is 53.2 Å². The van der Waals surface area contributed by atoms with Crippen molar-refractivity contribution < 1.29 is 18.6 Å². The second-order valence-electron chi connectivity index (χ2n) is 6.10. The van der Waals surface area contributed by atoms with Crippen molar-refractivity contribution in [1.82, 2.24) is 0 Å². The molecule has 5 rings (SSSR count). The number of furan rings is 1. The van der Waals surface area contributed by atoms with E-state index in [9.17, 15) is 0 Å². The maximum Gasteiger partial charge on any atom is 0.259 e. The Balaban J connectivity index is 1.57. The minimum Gasteiger partial charge on any atom is -0.462 e. The third-order valence-corrected chi connectivity index (χ3v) is 4.90. The van der Waals surface area contributed by atoms with Crippen molar-refractivity contribution in [3.05, 3.63) is 88.3 Å². The normalized spacial score (nSPS) is 17.9. The Kier molecular flexibility index (Phi) is 3.98. The molecular weight excluding hydrogens is 410 g/mol. The van der Waals surface area contributed by atoms with Crippen LogP contribution in [-0.4, -0.2) is 12.7 Å². The molecule has 0 spiro atoms. The smallest absolute Gasteiger partial charge is 0.259 e. The molecule has 0 amide bonds. The van der Waals surface area contributed by atoms with E-state index in [2.05, 4.69) is 20.9 Å². The lowest BCUT2D eigenvalue weighted by Gasteiger charge is -2.22. The van der Waals surface area contributed by atoms with Crippen LogP contribution in [0.1, 0.15) is 23.0 Å². The highest BCUT2D eigenvalue weighted by molar-refractivity contribution is 9.10. The fourth-order valence-corrected chi connectivity index (χ4v) is 3.28. The highest BCUT2D eigenvalue weighted by Gasteiger charge is 2.25. The molecule has 1 atom stereocenters. The van der Waals surface area contributed by atoms with Crippen LogP contribution in [0.15, 0.2) is 80.8 Å². The molecule has 0 fully saturated rings. The average molecular weight is 424 g/mol. The Morgan fingerprint density at radius 2 is 1.81 bits per heavy atom. The van der Waals surface area contributed by atoms with Gasteiger partial charge in [-0.25, -0.2) is 4.99 Å². The fraction of sp³-hybridized carbons (Fsp3) is 0.0952. The van der Waals surface area contributed by atoms with Crippen LogP contribution in [0.2, 0.25) is 0 Å². The zero-order valence-corrected chi connectivity index (χ0v) is 15.7. The number of hydrogen-bond donors (Lipinski definition) is 0. The quantitative estimate of drug-likeness (QED) is 0.571. The van der Waals surface area contributed by atoms with Gasteiger partial charge < -0.3 is 18.6 Å². The largest absolute Gasteiger partial charge is 0.462 e. The van der Waals surface area contributed by atoms with Gasteiger partial charge in [-0.15, -0.1) is 0 Å². The summed E-state index contributed by atoms with van der Waals surface area (Å²) in [5, 5.41) is 0. The molecule has 0 aliphatic carbocycles. The standard InChI is InChI=1S/C21H14BrNO4/c22-15-6-3-13(4-7-15)16-11-19(27-21(23-16)18-2-1-9-24-18)14-5-8-17-20(10-14)26-12-25-17/h1-11,19H,12H2. The highest BCUT2D eigenvalue weighted by Crippen LogP contribution is 2.38. The van der Waals surface area contributed by atoms with Crippen molar-refractivity contribution in [2.45, 2.75) is 6.10 Å². The summed E-state index contributed by atoms with van der Waals surface area (Å²) in [6, 6.07) is 17.5. The van der Waals surface area contributed by atoms with Crippen LogP contribution in [0.3, 0.4) is 0 Å². The lowest BCUT2D eigenvalue weighted by Crippen LogP contribution is -2.15. The number of rotatable bonds is 3.